The molecule has 0 spiro atoms. The Labute approximate surface area is 195 Å². The Hall–Kier alpha value is -3.24. The van der Waals surface area contributed by atoms with Crippen LogP contribution in [-0.4, -0.2) is 54.3 Å². The van der Waals surface area contributed by atoms with Gasteiger partial charge in [0.05, 0.1) is 18.5 Å². The highest BCUT2D eigenvalue weighted by atomic mass is 32.2. The van der Waals surface area contributed by atoms with Crippen molar-refractivity contribution in [2.75, 3.05) is 43.1 Å². The first kappa shape index (κ1) is 21.6. The van der Waals surface area contributed by atoms with Gasteiger partial charge in [0.1, 0.15) is 6.61 Å². The molecule has 1 amide bonds. The Morgan fingerprint density at radius 1 is 1.09 bits per heavy atom. The van der Waals surface area contributed by atoms with E-state index in [1.165, 1.54) is 11.8 Å². The summed E-state index contributed by atoms with van der Waals surface area (Å²) in [4.78, 5) is 14.9. The van der Waals surface area contributed by atoms with E-state index in [1.54, 1.807) is 6.92 Å². The number of para-hydroxylation sites is 2. The number of nitrogens with one attached hydrogen (secondary N) is 1. The number of ether oxygens (including phenoxy) is 3. The maximum atomic E-state index is 12.7. The van der Waals surface area contributed by atoms with Crippen LogP contribution in [0.25, 0.3) is 0 Å². The summed E-state index contributed by atoms with van der Waals surface area (Å²) in [5.74, 6) is 1.49. The van der Waals surface area contributed by atoms with Crippen LogP contribution >= 0.6 is 11.8 Å². The molecule has 9 nitrogen and oxygen atoms in total. The maximum absolute atomic E-state index is 12.7. The lowest BCUT2D eigenvalue weighted by Gasteiger charge is -2.28. The lowest BCUT2D eigenvalue weighted by molar-refractivity contribution is -0.115. The number of carbonyl (C=O) groups excluding carboxylic acids is 1. The number of benzene rings is 2. The predicted molar refractivity (Wildman–Crippen MR) is 123 cm³/mol. The monoisotopic (exact) mass is 468 g/mol. The molecule has 2 aliphatic heterocycles. The minimum absolute atomic E-state index is 0.148. The van der Waals surface area contributed by atoms with Gasteiger partial charge in [-0.25, -0.2) is 0 Å². The van der Waals surface area contributed by atoms with E-state index in [0.717, 1.165) is 37.7 Å². The normalized spacial score (nSPS) is 18.6. The zero-order valence-corrected chi connectivity index (χ0v) is 18.9. The average Bonchev–Trinajstić information content (AvgIpc) is 3.33. The Morgan fingerprint density at radius 2 is 1.85 bits per heavy atom. The number of rotatable bonds is 6. The SMILES string of the molecule is C[C@@H](Sc1nnc([C@@H]2COc3ccccc3O2)o1)C(=O)Nc1ccc(N2CCOCC2)cc1. The standard InChI is InChI=1S/C23H24N4O5S/c1-15(21(28)24-16-6-8-17(9-7-16)27-10-12-29-13-11-27)33-23-26-25-22(32-23)20-14-30-18-4-2-3-5-19(18)31-20/h2-9,15,20H,10-14H2,1H3,(H,24,28)/t15-,20+/m1/s1. The third-order valence-electron chi connectivity index (χ3n) is 5.36. The molecule has 2 atom stereocenters. The van der Waals surface area contributed by atoms with Gasteiger partial charge in [0.25, 0.3) is 11.1 Å². The van der Waals surface area contributed by atoms with Crippen LogP contribution in [0.1, 0.15) is 18.9 Å². The molecule has 3 aromatic rings. The lowest BCUT2D eigenvalue weighted by atomic mass is 10.2. The number of nitrogens with zero attached hydrogens (tertiary/aromatic N) is 3. The van der Waals surface area contributed by atoms with E-state index in [-0.39, 0.29) is 12.5 Å². The molecule has 3 heterocycles. The highest BCUT2D eigenvalue weighted by Crippen LogP contribution is 2.36. The number of hydrogen-bond donors (Lipinski definition) is 1. The van der Waals surface area contributed by atoms with Gasteiger partial charge < -0.3 is 28.8 Å². The van der Waals surface area contributed by atoms with Crippen LogP contribution in [0.5, 0.6) is 11.5 Å². The van der Waals surface area contributed by atoms with Crippen molar-refractivity contribution in [3.63, 3.8) is 0 Å². The molecule has 1 fully saturated rings. The minimum Gasteiger partial charge on any atom is -0.485 e. The second kappa shape index (κ2) is 9.72. The maximum Gasteiger partial charge on any atom is 0.277 e. The van der Waals surface area contributed by atoms with Crippen molar-refractivity contribution >= 4 is 29.0 Å². The zero-order valence-electron chi connectivity index (χ0n) is 18.1. The molecule has 1 saturated heterocycles. The molecular formula is C23H24N4O5S. The summed E-state index contributed by atoms with van der Waals surface area (Å²) < 4.78 is 22.7. The third-order valence-corrected chi connectivity index (χ3v) is 6.30. The van der Waals surface area contributed by atoms with E-state index in [1.807, 2.05) is 48.5 Å². The molecule has 0 radical (unpaired) electrons. The first-order valence-corrected chi connectivity index (χ1v) is 11.7. The molecule has 172 valence electrons. The number of morpholine rings is 1. The van der Waals surface area contributed by atoms with Crippen LogP contribution in [-0.2, 0) is 9.53 Å². The Balaban J connectivity index is 1.15. The zero-order chi connectivity index (χ0) is 22.6. The smallest absolute Gasteiger partial charge is 0.277 e. The first-order chi connectivity index (χ1) is 16.2. The van der Waals surface area contributed by atoms with Gasteiger partial charge in [-0.15, -0.1) is 10.2 Å². The van der Waals surface area contributed by atoms with Crippen LogP contribution in [0, 0.1) is 0 Å². The summed E-state index contributed by atoms with van der Waals surface area (Å²) in [7, 11) is 0. The van der Waals surface area contributed by atoms with E-state index in [9.17, 15) is 4.79 Å². The second-order valence-electron chi connectivity index (χ2n) is 7.67. The van der Waals surface area contributed by atoms with Crippen molar-refractivity contribution in [2.24, 2.45) is 0 Å². The van der Waals surface area contributed by atoms with Gasteiger partial charge in [-0.05, 0) is 43.3 Å². The Morgan fingerprint density at radius 3 is 2.64 bits per heavy atom. The topological polar surface area (TPSA) is 99.0 Å². The molecule has 2 aromatic carbocycles. The highest BCUT2D eigenvalue weighted by molar-refractivity contribution is 8.00. The summed E-state index contributed by atoms with van der Waals surface area (Å²) in [5, 5.41) is 10.9. The number of carbonyl (C=O) groups is 1. The summed E-state index contributed by atoms with van der Waals surface area (Å²) >= 11 is 1.20. The van der Waals surface area contributed by atoms with E-state index in [0.29, 0.717) is 22.6 Å². The highest BCUT2D eigenvalue weighted by Gasteiger charge is 2.28. The summed E-state index contributed by atoms with van der Waals surface area (Å²) in [6, 6.07) is 15.3. The Bertz CT molecular complexity index is 1100. The minimum atomic E-state index is -0.490. The van der Waals surface area contributed by atoms with E-state index in [4.69, 9.17) is 18.6 Å². The summed E-state index contributed by atoms with van der Waals surface area (Å²) in [5.41, 5.74) is 1.86. The van der Waals surface area contributed by atoms with Gasteiger partial charge >= 0.3 is 0 Å². The molecule has 1 N–H and O–H groups in total. The quantitative estimate of drug-likeness (QED) is 0.545. The van der Waals surface area contributed by atoms with Gasteiger partial charge in [-0.3, -0.25) is 4.79 Å². The van der Waals surface area contributed by atoms with E-state index in [2.05, 4.69) is 20.4 Å². The summed E-state index contributed by atoms with van der Waals surface area (Å²) in [6.45, 7) is 5.28. The largest absolute Gasteiger partial charge is 0.485 e. The molecule has 10 heteroatoms. The first-order valence-electron chi connectivity index (χ1n) is 10.8. The number of anilines is 2. The number of amides is 1. The van der Waals surface area contributed by atoms with Crippen LogP contribution in [0.4, 0.5) is 11.4 Å². The molecule has 33 heavy (non-hydrogen) atoms. The average molecular weight is 469 g/mol. The van der Waals surface area contributed by atoms with Crippen molar-refractivity contribution in [3.05, 3.63) is 54.4 Å². The molecule has 0 aliphatic carbocycles. The van der Waals surface area contributed by atoms with Gasteiger partial charge in [-0.2, -0.15) is 0 Å². The fourth-order valence-corrected chi connectivity index (χ4v) is 4.25. The predicted octanol–water partition coefficient (Wildman–Crippen LogP) is 3.54. The van der Waals surface area contributed by atoms with Crippen LogP contribution in [0.3, 0.4) is 0 Å². The Kier molecular flexibility index (Phi) is 6.36. The van der Waals surface area contributed by atoms with E-state index < -0.39 is 11.4 Å². The molecule has 5 rings (SSSR count). The molecule has 1 aromatic heterocycles. The van der Waals surface area contributed by atoms with E-state index >= 15 is 0 Å². The fraction of sp³-hybridized carbons (Fsp3) is 0.348. The molecule has 0 saturated carbocycles. The second-order valence-corrected chi connectivity index (χ2v) is 8.96. The van der Waals surface area contributed by atoms with Crippen LogP contribution in [0.2, 0.25) is 0 Å². The molecule has 2 aliphatic rings. The summed E-state index contributed by atoms with van der Waals surface area (Å²) in [6.07, 6.45) is -0.490. The lowest BCUT2D eigenvalue weighted by Crippen LogP contribution is -2.36. The molecule has 0 unspecified atom stereocenters. The number of hydrogen-bond acceptors (Lipinski definition) is 9. The van der Waals surface area contributed by atoms with Gasteiger partial charge in [-0.1, -0.05) is 23.9 Å². The van der Waals surface area contributed by atoms with Crippen molar-refractivity contribution in [1.29, 1.82) is 0 Å². The van der Waals surface area contributed by atoms with Gasteiger partial charge in [0.15, 0.2) is 11.5 Å². The van der Waals surface area contributed by atoms with Crippen molar-refractivity contribution in [3.8, 4) is 11.5 Å². The number of aromatic nitrogens is 2. The number of fused-ring (bicyclic) bond motifs is 1. The molecule has 0 bridgehead atoms. The van der Waals surface area contributed by atoms with Gasteiger partial charge in [0, 0.05) is 24.5 Å². The van der Waals surface area contributed by atoms with Crippen molar-refractivity contribution in [2.45, 2.75) is 23.5 Å². The molecular weight excluding hydrogens is 444 g/mol. The van der Waals surface area contributed by atoms with Crippen molar-refractivity contribution in [1.82, 2.24) is 10.2 Å². The number of thioether (sulfide) groups is 1. The van der Waals surface area contributed by atoms with Crippen molar-refractivity contribution < 1.29 is 23.4 Å². The van der Waals surface area contributed by atoms with Crippen LogP contribution < -0.4 is 19.7 Å². The fourth-order valence-electron chi connectivity index (χ4n) is 3.57. The third kappa shape index (κ3) is 5.07. The van der Waals surface area contributed by atoms with Gasteiger partial charge in [0.2, 0.25) is 12.0 Å². The van der Waals surface area contributed by atoms with Crippen LogP contribution in [0.15, 0.2) is 58.2 Å².